The largest absolute Gasteiger partial charge is 0.326 e. The average Bonchev–Trinajstić information content (AvgIpc) is 2.45. The predicted molar refractivity (Wildman–Crippen MR) is 86.9 cm³/mol. The number of nitrogens with zero attached hydrogens (tertiary/aromatic N) is 1. The van der Waals surface area contributed by atoms with Crippen LogP contribution in [0.1, 0.15) is 25.8 Å². The van der Waals surface area contributed by atoms with Crippen LogP contribution in [-0.4, -0.2) is 39.5 Å². The number of nitrogens with one attached hydrogen (secondary N) is 1. The fourth-order valence-electron chi connectivity index (χ4n) is 2.05. The van der Waals surface area contributed by atoms with E-state index in [1.807, 2.05) is 0 Å². The molecule has 1 aromatic carbocycles. The molecule has 1 aromatic rings. The molecule has 21 heavy (non-hydrogen) atoms. The first-order chi connectivity index (χ1) is 9.94. The van der Waals surface area contributed by atoms with Crippen LogP contribution in [0.15, 0.2) is 23.1 Å². The predicted octanol–water partition coefficient (Wildman–Crippen LogP) is 1.81. The number of hydrogen-bond donors (Lipinski definition) is 2. The van der Waals surface area contributed by atoms with Crippen molar-refractivity contribution in [1.29, 1.82) is 0 Å². The van der Waals surface area contributed by atoms with Gasteiger partial charge in [0.05, 0.1) is 5.02 Å². The number of hydrogen-bond acceptors (Lipinski definition) is 4. The Hall–Kier alpha value is -0.660. The van der Waals surface area contributed by atoms with Gasteiger partial charge in [-0.25, -0.2) is 13.1 Å². The normalized spacial score (nSPS) is 12.0. The molecular weight excluding hydrogens is 310 g/mol. The van der Waals surface area contributed by atoms with E-state index in [-0.39, 0.29) is 9.92 Å². The van der Waals surface area contributed by atoms with E-state index in [9.17, 15) is 8.42 Å². The van der Waals surface area contributed by atoms with E-state index in [2.05, 4.69) is 23.5 Å². The molecule has 3 N–H and O–H groups in total. The van der Waals surface area contributed by atoms with Crippen LogP contribution in [0.4, 0.5) is 0 Å². The smallest absolute Gasteiger partial charge is 0.242 e. The maximum Gasteiger partial charge on any atom is 0.242 e. The molecule has 0 spiro atoms. The lowest BCUT2D eigenvalue weighted by Crippen LogP contribution is -2.35. The standard InChI is InChI=1S/C14H24ClN3O2S/c1-3-8-18(4-2)9-7-17-21(19,20)14-6-5-12(11-16)10-13(14)15/h5-6,10,17H,3-4,7-9,11,16H2,1-2H3. The van der Waals surface area contributed by atoms with E-state index in [0.29, 0.717) is 19.6 Å². The van der Waals surface area contributed by atoms with Crippen LogP contribution < -0.4 is 10.5 Å². The Balaban J connectivity index is 2.69. The molecule has 5 nitrogen and oxygen atoms in total. The van der Waals surface area contributed by atoms with Crippen LogP contribution >= 0.6 is 11.6 Å². The van der Waals surface area contributed by atoms with Crippen LogP contribution in [0, 0.1) is 0 Å². The van der Waals surface area contributed by atoms with Gasteiger partial charge in [0.25, 0.3) is 0 Å². The molecule has 0 heterocycles. The molecule has 0 saturated carbocycles. The Morgan fingerprint density at radius 2 is 2.00 bits per heavy atom. The first kappa shape index (κ1) is 18.4. The van der Waals surface area contributed by atoms with Gasteiger partial charge in [-0.2, -0.15) is 0 Å². The summed E-state index contributed by atoms with van der Waals surface area (Å²) in [5.41, 5.74) is 6.31. The molecule has 0 aromatic heterocycles. The highest BCUT2D eigenvalue weighted by atomic mass is 35.5. The van der Waals surface area contributed by atoms with Crippen molar-refractivity contribution >= 4 is 21.6 Å². The Labute approximate surface area is 132 Å². The van der Waals surface area contributed by atoms with Gasteiger partial charge in [-0.15, -0.1) is 0 Å². The van der Waals surface area contributed by atoms with E-state index in [1.54, 1.807) is 12.1 Å². The van der Waals surface area contributed by atoms with Crippen LogP contribution in [0.25, 0.3) is 0 Å². The summed E-state index contributed by atoms with van der Waals surface area (Å²) in [5.74, 6) is 0. The molecule has 0 saturated heterocycles. The summed E-state index contributed by atoms with van der Waals surface area (Å²) in [5, 5.41) is 0.200. The zero-order valence-corrected chi connectivity index (χ0v) is 14.2. The number of benzene rings is 1. The summed E-state index contributed by atoms with van der Waals surface area (Å²) in [4.78, 5) is 2.29. The van der Waals surface area contributed by atoms with Crippen LogP contribution in [0.5, 0.6) is 0 Å². The van der Waals surface area contributed by atoms with Crippen molar-refractivity contribution in [3.8, 4) is 0 Å². The monoisotopic (exact) mass is 333 g/mol. The lowest BCUT2D eigenvalue weighted by atomic mass is 10.2. The fourth-order valence-corrected chi connectivity index (χ4v) is 3.64. The van der Waals surface area contributed by atoms with Crippen molar-refractivity contribution in [3.63, 3.8) is 0 Å². The van der Waals surface area contributed by atoms with E-state index < -0.39 is 10.0 Å². The minimum Gasteiger partial charge on any atom is -0.326 e. The number of halogens is 1. The molecule has 0 amide bonds. The van der Waals surface area contributed by atoms with Crippen molar-refractivity contribution in [2.45, 2.75) is 31.7 Å². The Bertz CT molecular complexity index is 549. The molecule has 0 unspecified atom stereocenters. The van der Waals surface area contributed by atoms with Crippen LogP contribution in [0.3, 0.4) is 0 Å². The molecule has 1 rings (SSSR count). The van der Waals surface area contributed by atoms with Gasteiger partial charge in [0.1, 0.15) is 4.90 Å². The summed E-state index contributed by atoms with van der Waals surface area (Å²) in [7, 11) is -3.58. The second kappa shape index (κ2) is 8.70. The molecule has 0 radical (unpaired) electrons. The molecule has 0 fully saturated rings. The van der Waals surface area contributed by atoms with Gasteiger partial charge in [0, 0.05) is 19.6 Å². The highest BCUT2D eigenvalue weighted by molar-refractivity contribution is 7.89. The van der Waals surface area contributed by atoms with Gasteiger partial charge in [0.15, 0.2) is 0 Å². The fraction of sp³-hybridized carbons (Fsp3) is 0.571. The first-order valence-electron chi connectivity index (χ1n) is 7.15. The van der Waals surface area contributed by atoms with Crippen molar-refractivity contribution < 1.29 is 8.42 Å². The number of rotatable bonds is 9. The van der Waals surface area contributed by atoms with Gasteiger partial charge in [-0.1, -0.05) is 31.5 Å². The number of nitrogens with two attached hydrogens (primary N) is 1. The van der Waals surface area contributed by atoms with Crippen LogP contribution in [0.2, 0.25) is 5.02 Å². The highest BCUT2D eigenvalue weighted by Crippen LogP contribution is 2.22. The maximum atomic E-state index is 12.2. The Kier molecular flexibility index (Phi) is 7.62. The van der Waals surface area contributed by atoms with E-state index in [4.69, 9.17) is 17.3 Å². The molecule has 120 valence electrons. The number of sulfonamides is 1. The summed E-state index contributed by atoms with van der Waals surface area (Å²) >= 11 is 6.03. The third-order valence-electron chi connectivity index (χ3n) is 3.23. The minimum absolute atomic E-state index is 0.0971. The first-order valence-corrected chi connectivity index (χ1v) is 9.01. The van der Waals surface area contributed by atoms with Gasteiger partial charge in [0.2, 0.25) is 10.0 Å². The minimum atomic E-state index is -3.58. The Morgan fingerprint density at radius 1 is 1.29 bits per heavy atom. The third-order valence-corrected chi connectivity index (χ3v) is 5.17. The number of likely N-dealkylation sites (N-methyl/N-ethyl adjacent to an activating group) is 1. The molecule has 7 heteroatoms. The Morgan fingerprint density at radius 3 is 2.52 bits per heavy atom. The van der Waals surface area contributed by atoms with Crippen molar-refractivity contribution in [2.75, 3.05) is 26.2 Å². The summed E-state index contributed by atoms with van der Waals surface area (Å²) in [6.45, 7) is 7.41. The SMILES string of the molecule is CCCN(CC)CCNS(=O)(=O)c1ccc(CN)cc1Cl. The second-order valence-electron chi connectivity index (χ2n) is 4.80. The topological polar surface area (TPSA) is 75.4 Å². The van der Waals surface area contributed by atoms with E-state index in [1.165, 1.54) is 6.07 Å². The molecule has 0 bridgehead atoms. The lowest BCUT2D eigenvalue weighted by molar-refractivity contribution is 0.293. The lowest BCUT2D eigenvalue weighted by Gasteiger charge is -2.19. The average molecular weight is 334 g/mol. The van der Waals surface area contributed by atoms with Crippen molar-refractivity contribution in [2.24, 2.45) is 5.73 Å². The summed E-state index contributed by atoms with van der Waals surface area (Å²) < 4.78 is 27.1. The molecular formula is C14H24ClN3O2S. The molecule has 0 aliphatic heterocycles. The van der Waals surface area contributed by atoms with Gasteiger partial charge in [-0.3, -0.25) is 0 Å². The van der Waals surface area contributed by atoms with E-state index in [0.717, 1.165) is 25.1 Å². The third kappa shape index (κ3) is 5.56. The molecule has 0 aliphatic rings. The zero-order chi connectivity index (χ0) is 15.9. The van der Waals surface area contributed by atoms with Crippen molar-refractivity contribution in [3.05, 3.63) is 28.8 Å². The van der Waals surface area contributed by atoms with Crippen molar-refractivity contribution in [1.82, 2.24) is 9.62 Å². The molecule has 0 atom stereocenters. The van der Waals surface area contributed by atoms with Gasteiger partial charge >= 0.3 is 0 Å². The highest BCUT2D eigenvalue weighted by Gasteiger charge is 2.17. The molecule has 0 aliphatic carbocycles. The summed E-state index contributed by atoms with van der Waals surface area (Å²) in [6.07, 6.45) is 1.05. The maximum absolute atomic E-state index is 12.2. The zero-order valence-electron chi connectivity index (χ0n) is 12.6. The van der Waals surface area contributed by atoms with Gasteiger partial charge < -0.3 is 10.6 Å². The summed E-state index contributed by atoms with van der Waals surface area (Å²) in [6, 6.07) is 4.76. The van der Waals surface area contributed by atoms with Gasteiger partial charge in [-0.05, 0) is 37.2 Å². The second-order valence-corrected chi connectivity index (χ2v) is 6.94. The quantitative estimate of drug-likeness (QED) is 0.722. The van der Waals surface area contributed by atoms with E-state index >= 15 is 0 Å². The van der Waals surface area contributed by atoms with Crippen LogP contribution in [-0.2, 0) is 16.6 Å².